The van der Waals surface area contributed by atoms with Crippen LogP contribution in [-0.4, -0.2) is 56.4 Å². The van der Waals surface area contributed by atoms with Gasteiger partial charge in [-0.05, 0) is 24.3 Å². The second-order valence-corrected chi connectivity index (χ2v) is 6.58. The van der Waals surface area contributed by atoms with Crippen molar-refractivity contribution >= 4 is 17.1 Å². The van der Waals surface area contributed by atoms with Gasteiger partial charge in [-0.25, -0.2) is 4.52 Å². The van der Waals surface area contributed by atoms with E-state index in [9.17, 15) is 14.9 Å². The lowest BCUT2D eigenvalue weighted by molar-refractivity contribution is -0.384. The van der Waals surface area contributed by atoms with Gasteiger partial charge in [0.15, 0.2) is 0 Å². The van der Waals surface area contributed by atoms with E-state index in [1.807, 2.05) is 28.9 Å². The summed E-state index contributed by atoms with van der Waals surface area (Å²) in [6.45, 7) is 3.41. The minimum Gasteiger partial charge on any atom is -0.336 e. The summed E-state index contributed by atoms with van der Waals surface area (Å²) in [5.41, 5.74) is 2.36. The number of hydrogen-bond donors (Lipinski definition) is 0. The van der Waals surface area contributed by atoms with Crippen molar-refractivity contribution in [2.24, 2.45) is 0 Å². The summed E-state index contributed by atoms with van der Waals surface area (Å²) in [6.07, 6.45) is 1.93. The number of nitrogens with zero attached hydrogens (tertiary/aromatic N) is 5. The van der Waals surface area contributed by atoms with Crippen LogP contribution in [0.15, 0.2) is 54.7 Å². The Morgan fingerprint density at radius 1 is 1.07 bits per heavy atom. The van der Waals surface area contributed by atoms with Crippen molar-refractivity contribution in [1.82, 2.24) is 19.4 Å². The molecule has 0 unspecified atom stereocenters. The van der Waals surface area contributed by atoms with Crippen LogP contribution in [0.1, 0.15) is 16.1 Å². The van der Waals surface area contributed by atoms with Crippen LogP contribution >= 0.6 is 0 Å². The van der Waals surface area contributed by atoms with Gasteiger partial charge in [0, 0.05) is 56.6 Å². The van der Waals surface area contributed by atoms with Crippen molar-refractivity contribution in [3.8, 4) is 0 Å². The van der Waals surface area contributed by atoms with E-state index in [0.717, 1.165) is 30.8 Å². The van der Waals surface area contributed by atoms with Gasteiger partial charge in [0.05, 0.1) is 16.1 Å². The number of benzene rings is 1. The minimum absolute atomic E-state index is 0.0636. The molecule has 0 aliphatic carbocycles. The fourth-order valence-corrected chi connectivity index (χ4v) is 3.34. The molecule has 8 heteroatoms. The van der Waals surface area contributed by atoms with Gasteiger partial charge >= 0.3 is 0 Å². The molecule has 1 aliphatic rings. The van der Waals surface area contributed by atoms with Crippen LogP contribution in [0.2, 0.25) is 0 Å². The van der Waals surface area contributed by atoms with Crippen LogP contribution in [0.4, 0.5) is 5.69 Å². The van der Waals surface area contributed by atoms with Gasteiger partial charge in [-0.2, -0.15) is 5.10 Å². The van der Waals surface area contributed by atoms with E-state index in [1.165, 1.54) is 12.1 Å². The molecule has 1 amide bonds. The SMILES string of the molecule is O=C(c1cccc([N+](=O)[O-])c1)N1CCN(Cc2cc3ccccn3n2)CC1. The lowest BCUT2D eigenvalue weighted by atomic mass is 10.1. The maximum absolute atomic E-state index is 12.6. The molecule has 1 fully saturated rings. The summed E-state index contributed by atoms with van der Waals surface area (Å²) in [4.78, 5) is 27.1. The average molecular weight is 365 g/mol. The molecular formula is C19H19N5O3. The van der Waals surface area contributed by atoms with Gasteiger partial charge in [0.25, 0.3) is 11.6 Å². The third-order valence-electron chi connectivity index (χ3n) is 4.77. The van der Waals surface area contributed by atoms with Crippen molar-refractivity contribution in [3.05, 3.63) is 76.1 Å². The fourth-order valence-electron chi connectivity index (χ4n) is 3.34. The molecule has 1 aromatic carbocycles. The molecule has 4 rings (SSSR count). The summed E-state index contributed by atoms with van der Waals surface area (Å²) in [6, 6.07) is 13.9. The van der Waals surface area contributed by atoms with Crippen LogP contribution in [0, 0.1) is 10.1 Å². The van der Waals surface area contributed by atoms with Crippen LogP contribution in [0.5, 0.6) is 0 Å². The molecule has 3 heterocycles. The average Bonchev–Trinajstić information content (AvgIpc) is 3.10. The highest BCUT2D eigenvalue weighted by molar-refractivity contribution is 5.94. The predicted octanol–water partition coefficient (Wildman–Crippen LogP) is 2.20. The highest BCUT2D eigenvalue weighted by atomic mass is 16.6. The number of carbonyl (C=O) groups excluding carboxylic acids is 1. The Hall–Kier alpha value is -3.26. The van der Waals surface area contributed by atoms with E-state index in [1.54, 1.807) is 17.0 Å². The molecular weight excluding hydrogens is 346 g/mol. The van der Waals surface area contributed by atoms with Crippen molar-refractivity contribution in [2.45, 2.75) is 6.54 Å². The third kappa shape index (κ3) is 3.65. The molecule has 0 N–H and O–H groups in total. The molecule has 27 heavy (non-hydrogen) atoms. The summed E-state index contributed by atoms with van der Waals surface area (Å²) in [5.74, 6) is -0.161. The standard InChI is InChI=1S/C19H19N5O3/c25-19(15-4-3-6-18(12-15)24(26)27)22-10-8-21(9-11-22)14-16-13-17-5-1-2-7-23(17)20-16/h1-7,12-13H,8-11,14H2. The Morgan fingerprint density at radius 2 is 1.89 bits per heavy atom. The summed E-state index contributed by atoms with van der Waals surface area (Å²) in [5, 5.41) is 15.5. The maximum Gasteiger partial charge on any atom is 0.270 e. The third-order valence-corrected chi connectivity index (χ3v) is 4.77. The molecule has 0 bridgehead atoms. The first kappa shape index (κ1) is 17.2. The minimum atomic E-state index is -0.483. The Labute approximate surface area is 155 Å². The van der Waals surface area contributed by atoms with E-state index in [4.69, 9.17) is 0 Å². The zero-order valence-electron chi connectivity index (χ0n) is 14.7. The number of fused-ring (bicyclic) bond motifs is 1. The van der Waals surface area contributed by atoms with E-state index >= 15 is 0 Å². The van der Waals surface area contributed by atoms with Gasteiger partial charge < -0.3 is 4.90 Å². The molecule has 1 saturated heterocycles. The van der Waals surface area contributed by atoms with Gasteiger partial charge in [-0.3, -0.25) is 19.8 Å². The molecule has 0 radical (unpaired) electrons. The topological polar surface area (TPSA) is 84.0 Å². The van der Waals surface area contributed by atoms with Crippen LogP contribution in [0.25, 0.3) is 5.52 Å². The Morgan fingerprint density at radius 3 is 2.63 bits per heavy atom. The molecule has 0 saturated carbocycles. The maximum atomic E-state index is 12.6. The summed E-state index contributed by atoms with van der Waals surface area (Å²) < 4.78 is 1.86. The second kappa shape index (κ2) is 7.16. The Balaban J connectivity index is 1.37. The second-order valence-electron chi connectivity index (χ2n) is 6.58. The summed E-state index contributed by atoms with van der Waals surface area (Å²) >= 11 is 0. The monoisotopic (exact) mass is 365 g/mol. The lowest BCUT2D eigenvalue weighted by Crippen LogP contribution is -2.48. The normalized spacial score (nSPS) is 15.2. The Bertz CT molecular complexity index is 959. The number of carbonyl (C=O) groups is 1. The van der Waals surface area contributed by atoms with Crippen molar-refractivity contribution in [1.29, 1.82) is 0 Å². The molecule has 2 aromatic heterocycles. The van der Waals surface area contributed by atoms with E-state index in [2.05, 4.69) is 16.1 Å². The first-order chi connectivity index (χ1) is 13.1. The van der Waals surface area contributed by atoms with Gasteiger partial charge in [0.1, 0.15) is 0 Å². The smallest absolute Gasteiger partial charge is 0.270 e. The predicted molar refractivity (Wildman–Crippen MR) is 99.5 cm³/mol. The zero-order valence-corrected chi connectivity index (χ0v) is 14.7. The number of hydrogen-bond acceptors (Lipinski definition) is 5. The summed E-state index contributed by atoms with van der Waals surface area (Å²) in [7, 11) is 0. The number of nitro groups is 1. The van der Waals surface area contributed by atoms with Crippen molar-refractivity contribution in [2.75, 3.05) is 26.2 Å². The molecule has 3 aromatic rings. The van der Waals surface area contributed by atoms with E-state index < -0.39 is 4.92 Å². The van der Waals surface area contributed by atoms with Crippen molar-refractivity contribution in [3.63, 3.8) is 0 Å². The number of nitro benzene ring substituents is 1. The van der Waals surface area contributed by atoms with Gasteiger partial charge in [0.2, 0.25) is 0 Å². The highest BCUT2D eigenvalue weighted by Crippen LogP contribution is 2.17. The highest BCUT2D eigenvalue weighted by Gasteiger charge is 2.23. The van der Waals surface area contributed by atoms with Crippen LogP contribution in [-0.2, 0) is 6.54 Å². The number of non-ortho nitro benzene ring substituents is 1. The quantitative estimate of drug-likeness (QED) is 0.523. The molecule has 138 valence electrons. The van der Waals surface area contributed by atoms with E-state index in [0.29, 0.717) is 18.7 Å². The van der Waals surface area contributed by atoms with Crippen molar-refractivity contribution < 1.29 is 9.72 Å². The number of aromatic nitrogens is 2. The lowest BCUT2D eigenvalue weighted by Gasteiger charge is -2.34. The molecule has 0 spiro atoms. The van der Waals surface area contributed by atoms with Crippen LogP contribution in [0.3, 0.4) is 0 Å². The largest absolute Gasteiger partial charge is 0.336 e. The molecule has 8 nitrogen and oxygen atoms in total. The van der Waals surface area contributed by atoms with Crippen LogP contribution < -0.4 is 0 Å². The van der Waals surface area contributed by atoms with Gasteiger partial charge in [-0.1, -0.05) is 12.1 Å². The first-order valence-electron chi connectivity index (χ1n) is 8.79. The zero-order chi connectivity index (χ0) is 18.8. The first-order valence-corrected chi connectivity index (χ1v) is 8.79. The van der Waals surface area contributed by atoms with Gasteiger partial charge in [-0.15, -0.1) is 0 Å². The number of amides is 1. The number of piperazine rings is 1. The Kier molecular flexibility index (Phi) is 4.55. The number of rotatable bonds is 4. The number of pyridine rings is 1. The van der Waals surface area contributed by atoms with E-state index in [-0.39, 0.29) is 11.6 Å². The molecule has 0 atom stereocenters. The molecule has 1 aliphatic heterocycles. The fraction of sp³-hybridized carbons (Fsp3) is 0.263.